The van der Waals surface area contributed by atoms with E-state index in [1.807, 2.05) is 0 Å². The standard InChI is InChI=1S/C15H21N3O/c1-3-18-14-5-4-11(8-16)7-13(14)17-15(18)12-6-10(2)19-9-12/h4-5,7,10,12H,3,6,8-9,16H2,1-2H3. The lowest BCUT2D eigenvalue weighted by atomic mass is 10.1. The van der Waals surface area contributed by atoms with E-state index in [1.165, 1.54) is 5.52 Å². The van der Waals surface area contributed by atoms with Crippen LogP contribution in [-0.4, -0.2) is 22.3 Å². The summed E-state index contributed by atoms with van der Waals surface area (Å²) in [5.74, 6) is 1.58. The molecular formula is C15H21N3O. The van der Waals surface area contributed by atoms with Gasteiger partial charge in [-0.3, -0.25) is 0 Å². The third-order valence-electron chi connectivity index (χ3n) is 3.96. The Hall–Kier alpha value is -1.39. The molecule has 1 aromatic heterocycles. The number of aromatic nitrogens is 2. The quantitative estimate of drug-likeness (QED) is 0.921. The van der Waals surface area contributed by atoms with Gasteiger partial charge in [-0.2, -0.15) is 0 Å². The van der Waals surface area contributed by atoms with E-state index >= 15 is 0 Å². The Kier molecular flexibility index (Phi) is 3.29. The van der Waals surface area contributed by atoms with Crippen LogP contribution in [0.1, 0.15) is 37.6 Å². The van der Waals surface area contributed by atoms with Gasteiger partial charge in [0.2, 0.25) is 0 Å². The molecule has 4 heteroatoms. The van der Waals surface area contributed by atoms with E-state index in [4.69, 9.17) is 15.5 Å². The van der Waals surface area contributed by atoms with E-state index in [-0.39, 0.29) is 0 Å². The average molecular weight is 259 g/mol. The molecule has 1 aromatic carbocycles. The minimum absolute atomic E-state index is 0.342. The Morgan fingerprint density at radius 1 is 1.47 bits per heavy atom. The predicted molar refractivity (Wildman–Crippen MR) is 76.1 cm³/mol. The second-order valence-corrected chi connectivity index (χ2v) is 5.32. The Balaban J connectivity index is 2.08. The third-order valence-corrected chi connectivity index (χ3v) is 3.96. The van der Waals surface area contributed by atoms with Gasteiger partial charge in [0.15, 0.2) is 0 Å². The van der Waals surface area contributed by atoms with E-state index in [1.54, 1.807) is 0 Å². The summed E-state index contributed by atoms with van der Waals surface area (Å²) in [6.07, 6.45) is 1.40. The summed E-state index contributed by atoms with van der Waals surface area (Å²) in [5, 5.41) is 0. The summed E-state index contributed by atoms with van der Waals surface area (Å²) in [4.78, 5) is 4.84. The first-order valence-corrected chi connectivity index (χ1v) is 7.03. The molecule has 1 saturated heterocycles. The molecule has 2 unspecified atom stereocenters. The zero-order chi connectivity index (χ0) is 13.4. The fourth-order valence-corrected chi connectivity index (χ4v) is 2.96. The lowest BCUT2D eigenvalue weighted by Gasteiger charge is -2.10. The molecule has 0 amide bonds. The molecule has 2 aromatic rings. The predicted octanol–water partition coefficient (Wildman–Crippen LogP) is 2.41. The topological polar surface area (TPSA) is 53.1 Å². The molecule has 4 nitrogen and oxygen atoms in total. The van der Waals surface area contributed by atoms with Gasteiger partial charge in [-0.1, -0.05) is 6.07 Å². The van der Waals surface area contributed by atoms with Gasteiger partial charge in [0, 0.05) is 19.0 Å². The molecule has 0 spiro atoms. The van der Waals surface area contributed by atoms with Gasteiger partial charge < -0.3 is 15.0 Å². The Morgan fingerprint density at radius 3 is 2.95 bits per heavy atom. The number of hydrogen-bond acceptors (Lipinski definition) is 3. The first-order chi connectivity index (χ1) is 9.22. The number of nitrogens with zero attached hydrogens (tertiary/aromatic N) is 2. The van der Waals surface area contributed by atoms with Gasteiger partial charge in [-0.15, -0.1) is 0 Å². The highest BCUT2D eigenvalue weighted by atomic mass is 16.5. The van der Waals surface area contributed by atoms with Crippen molar-refractivity contribution in [3.8, 4) is 0 Å². The number of rotatable bonds is 3. The molecule has 2 atom stereocenters. The van der Waals surface area contributed by atoms with Crippen molar-refractivity contribution in [1.82, 2.24) is 9.55 Å². The third kappa shape index (κ3) is 2.15. The smallest absolute Gasteiger partial charge is 0.115 e. The normalized spacial score (nSPS) is 23.3. The SMILES string of the molecule is CCn1c(C2COC(C)C2)nc2cc(CN)ccc21. The maximum atomic E-state index is 5.70. The van der Waals surface area contributed by atoms with Crippen LogP contribution >= 0.6 is 0 Å². The molecule has 0 aliphatic carbocycles. The number of hydrogen-bond donors (Lipinski definition) is 1. The second kappa shape index (κ2) is 4.94. The van der Waals surface area contributed by atoms with Crippen molar-refractivity contribution in [2.45, 2.75) is 45.4 Å². The molecule has 1 fully saturated rings. The fourth-order valence-electron chi connectivity index (χ4n) is 2.96. The minimum atomic E-state index is 0.342. The van der Waals surface area contributed by atoms with Gasteiger partial charge in [0.1, 0.15) is 5.82 Å². The largest absolute Gasteiger partial charge is 0.378 e. The van der Waals surface area contributed by atoms with E-state index in [2.05, 4.69) is 36.6 Å². The highest BCUT2D eigenvalue weighted by molar-refractivity contribution is 5.77. The summed E-state index contributed by atoms with van der Waals surface area (Å²) in [5.41, 5.74) is 9.10. The van der Waals surface area contributed by atoms with Crippen LogP contribution in [0, 0.1) is 0 Å². The molecule has 19 heavy (non-hydrogen) atoms. The lowest BCUT2D eigenvalue weighted by molar-refractivity contribution is 0.123. The minimum Gasteiger partial charge on any atom is -0.378 e. The van der Waals surface area contributed by atoms with Crippen molar-refractivity contribution in [3.63, 3.8) is 0 Å². The lowest BCUT2D eigenvalue weighted by Crippen LogP contribution is -2.08. The number of aryl methyl sites for hydroxylation is 1. The maximum Gasteiger partial charge on any atom is 0.115 e. The van der Waals surface area contributed by atoms with Gasteiger partial charge in [-0.25, -0.2) is 4.98 Å². The van der Waals surface area contributed by atoms with Crippen LogP contribution in [0.15, 0.2) is 18.2 Å². The van der Waals surface area contributed by atoms with Crippen molar-refractivity contribution < 1.29 is 4.74 Å². The summed E-state index contributed by atoms with van der Waals surface area (Å²) < 4.78 is 7.99. The van der Waals surface area contributed by atoms with Crippen molar-refractivity contribution in [1.29, 1.82) is 0 Å². The number of nitrogens with two attached hydrogens (primary N) is 1. The Morgan fingerprint density at radius 2 is 2.32 bits per heavy atom. The molecule has 1 aliphatic heterocycles. The molecular weight excluding hydrogens is 238 g/mol. The van der Waals surface area contributed by atoms with Crippen LogP contribution in [-0.2, 0) is 17.8 Å². The van der Waals surface area contributed by atoms with Crippen molar-refractivity contribution in [3.05, 3.63) is 29.6 Å². The fraction of sp³-hybridized carbons (Fsp3) is 0.533. The number of ether oxygens (including phenoxy) is 1. The van der Waals surface area contributed by atoms with Gasteiger partial charge in [0.05, 0.1) is 23.7 Å². The summed E-state index contributed by atoms with van der Waals surface area (Å²) in [7, 11) is 0. The molecule has 0 bridgehead atoms. The van der Waals surface area contributed by atoms with Crippen LogP contribution in [0.3, 0.4) is 0 Å². The number of fused-ring (bicyclic) bond motifs is 1. The first-order valence-electron chi connectivity index (χ1n) is 7.03. The van der Waals surface area contributed by atoms with Crippen LogP contribution in [0.25, 0.3) is 11.0 Å². The van der Waals surface area contributed by atoms with E-state index in [0.29, 0.717) is 18.6 Å². The van der Waals surface area contributed by atoms with Crippen molar-refractivity contribution in [2.75, 3.05) is 6.61 Å². The number of benzene rings is 1. The van der Waals surface area contributed by atoms with Crippen LogP contribution in [0.5, 0.6) is 0 Å². The second-order valence-electron chi connectivity index (χ2n) is 5.32. The molecule has 102 valence electrons. The molecule has 0 radical (unpaired) electrons. The maximum absolute atomic E-state index is 5.70. The van der Waals surface area contributed by atoms with Crippen molar-refractivity contribution in [2.24, 2.45) is 5.73 Å². The number of imidazole rings is 1. The van der Waals surface area contributed by atoms with Gasteiger partial charge in [0.25, 0.3) is 0 Å². The molecule has 2 N–H and O–H groups in total. The zero-order valence-electron chi connectivity index (χ0n) is 11.6. The van der Waals surface area contributed by atoms with Crippen LogP contribution in [0.2, 0.25) is 0 Å². The van der Waals surface area contributed by atoms with Gasteiger partial charge >= 0.3 is 0 Å². The van der Waals surface area contributed by atoms with E-state index in [0.717, 1.165) is 36.5 Å². The molecule has 3 rings (SSSR count). The van der Waals surface area contributed by atoms with Crippen LogP contribution < -0.4 is 5.73 Å². The summed E-state index contributed by atoms with van der Waals surface area (Å²) in [6, 6.07) is 6.33. The summed E-state index contributed by atoms with van der Waals surface area (Å²) >= 11 is 0. The monoisotopic (exact) mass is 259 g/mol. The van der Waals surface area contributed by atoms with Gasteiger partial charge in [-0.05, 0) is 38.0 Å². The average Bonchev–Trinajstić information content (AvgIpc) is 3.00. The summed E-state index contributed by atoms with van der Waals surface area (Å²) in [6.45, 7) is 6.59. The highest BCUT2D eigenvalue weighted by Crippen LogP contribution is 2.31. The van der Waals surface area contributed by atoms with E-state index in [9.17, 15) is 0 Å². The van der Waals surface area contributed by atoms with Crippen molar-refractivity contribution >= 4 is 11.0 Å². The highest BCUT2D eigenvalue weighted by Gasteiger charge is 2.28. The first kappa shape index (κ1) is 12.6. The molecule has 1 aliphatic rings. The van der Waals surface area contributed by atoms with Crippen LogP contribution in [0.4, 0.5) is 0 Å². The Bertz CT molecular complexity index is 590. The zero-order valence-corrected chi connectivity index (χ0v) is 11.6. The molecule has 0 saturated carbocycles. The Labute approximate surface area is 113 Å². The molecule has 2 heterocycles. The van der Waals surface area contributed by atoms with E-state index < -0.39 is 0 Å².